The van der Waals surface area contributed by atoms with E-state index in [9.17, 15) is 0 Å². The number of hydrogen-bond donors (Lipinski definition) is 1. The predicted octanol–water partition coefficient (Wildman–Crippen LogP) is 3.84. The molecule has 0 saturated carbocycles. The van der Waals surface area contributed by atoms with Crippen LogP contribution in [0.1, 0.15) is 60.3 Å². The van der Waals surface area contributed by atoms with Crippen molar-refractivity contribution < 1.29 is 0 Å². The van der Waals surface area contributed by atoms with Gasteiger partial charge >= 0.3 is 0 Å². The molecule has 1 atom stereocenters. The van der Waals surface area contributed by atoms with E-state index < -0.39 is 0 Å². The summed E-state index contributed by atoms with van der Waals surface area (Å²) in [6, 6.07) is 0.528. The highest BCUT2D eigenvalue weighted by atomic mass is 32.1. The van der Waals surface area contributed by atoms with Crippen LogP contribution in [0.2, 0.25) is 0 Å². The van der Waals surface area contributed by atoms with Crippen LogP contribution in [0.5, 0.6) is 0 Å². The van der Waals surface area contributed by atoms with Gasteiger partial charge < -0.3 is 5.73 Å². The van der Waals surface area contributed by atoms with Gasteiger partial charge in [-0.05, 0) is 44.2 Å². The normalized spacial score (nSPS) is 13.6. The number of hydrogen-bond acceptors (Lipinski definition) is 2. The second-order valence-electron chi connectivity index (χ2n) is 6.13. The Morgan fingerprint density at radius 1 is 1.06 bits per heavy atom. The van der Waals surface area contributed by atoms with Crippen LogP contribution in [-0.4, -0.2) is 29.0 Å². The molecule has 0 saturated heterocycles. The molecule has 0 rings (SSSR count). The Hall–Kier alpha value is -0.150. The molecular weight excluding hydrogens is 240 g/mol. The van der Waals surface area contributed by atoms with Crippen molar-refractivity contribution in [3.63, 3.8) is 0 Å². The third-order valence-electron chi connectivity index (χ3n) is 3.41. The Morgan fingerprint density at radius 2 is 1.50 bits per heavy atom. The zero-order valence-corrected chi connectivity index (χ0v) is 13.7. The van der Waals surface area contributed by atoms with Crippen molar-refractivity contribution in [2.75, 3.05) is 13.1 Å². The number of nitrogens with zero attached hydrogens (tertiary/aromatic N) is 1. The van der Waals surface area contributed by atoms with Crippen molar-refractivity contribution in [3.8, 4) is 0 Å². The van der Waals surface area contributed by atoms with Crippen molar-refractivity contribution >= 4 is 17.2 Å². The van der Waals surface area contributed by atoms with Gasteiger partial charge in [0.05, 0.1) is 4.99 Å². The smallest absolute Gasteiger partial charge is 0.0743 e. The van der Waals surface area contributed by atoms with Gasteiger partial charge in [0, 0.05) is 12.5 Å². The molecule has 1 unspecified atom stereocenters. The van der Waals surface area contributed by atoms with E-state index in [1.165, 1.54) is 25.9 Å². The molecule has 2 N–H and O–H groups in total. The molecule has 0 aliphatic heterocycles. The fourth-order valence-corrected chi connectivity index (χ4v) is 2.28. The molecule has 0 aromatic rings. The standard InChI is InChI=1S/C15H32N2S/c1-6-14(11-15(16)18)17(9-7-12(2)3)10-8-13(4)5/h12-14H,6-11H2,1-5H3,(H2,16,18). The Morgan fingerprint density at radius 3 is 1.78 bits per heavy atom. The van der Waals surface area contributed by atoms with Crippen molar-refractivity contribution in [1.82, 2.24) is 4.90 Å². The van der Waals surface area contributed by atoms with Crippen molar-refractivity contribution in [2.45, 2.75) is 66.3 Å². The molecule has 2 nitrogen and oxygen atoms in total. The summed E-state index contributed by atoms with van der Waals surface area (Å²) in [7, 11) is 0. The minimum absolute atomic E-state index is 0.528. The molecule has 0 aromatic heterocycles. The lowest BCUT2D eigenvalue weighted by Gasteiger charge is -2.32. The lowest BCUT2D eigenvalue weighted by atomic mass is 10.0. The zero-order chi connectivity index (χ0) is 14.1. The van der Waals surface area contributed by atoms with Crippen LogP contribution < -0.4 is 5.73 Å². The first kappa shape index (κ1) is 17.8. The van der Waals surface area contributed by atoms with Gasteiger partial charge in [-0.15, -0.1) is 0 Å². The van der Waals surface area contributed by atoms with Crippen LogP contribution in [-0.2, 0) is 0 Å². The fraction of sp³-hybridized carbons (Fsp3) is 0.933. The van der Waals surface area contributed by atoms with Gasteiger partial charge in [0.15, 0.2) is 0 Å². The van der Waals surface area contributed by atoms with Gasteiger partial charge in [-0.2, -0.15) is 0 Å². The average Bonchev–Trinajstić information content (AvgIpc) is 2.25. The van der Waals surface area contributed by atoms with Crippen LogP contribution in [0.4, 0.5) is 0 Å². The van der Waals surface area contributed by atoms with Crippen LogP contribution >= 0.6 is 12.2 Å². The molecule has 0 spiro atoms. The van der Waals surface area contributed by atoms with E-state index in [0.717, 1.165) is 24.7 Å². The van der Waals surface area contributed by atoms with Gasteiger partial charge in [0.25, 0.3) is 0 Å². The predicted molar refractivity (Wildman–Crippen MR) is 86.0 cm³/mol. The largest absolute Gasteiger partial charge is 0.393 e. The van der Waals surface area contributed by atoms with E-state index in [4.69, 9.17) is 18.0 Å². The van der Waals surface area contributed by atoms with Gasteiger partial charge in [0.2, 0.25) is 0 Å². The van der Waals surface area contributed by atoms with Crippen LogP contribution in [0.15, 0.2) is 0 Å². The number of thiocarbonyl (C=S) groups is 1. The van der Waals surface area contributed by atoms with E-state index in [1.54, 1.807) is 0 Å². The molecule has 0 amide bonds. The molecule has 0 aliphatic rings. The first-order chi connectivity index (χ1) is 8.36. The molecule has 0 aromatic carbocycles. The van der Waals surface area contributed by atoms with E-state index in [-0.39, 0.29) is 0 Å². The van der Waals surface area contributed by atoms with Gasteiger partial charge in [-0.25, -0.2) is 0 Å². The highest BCUT2D eigenvalue weighted by Crippen LogP contribution is 2.14. The lowest BCUT2D eigenvalue weighted by molar-refractivity contribution is 0.175. The third-order valence-corrected chi connectivity index (χ3v) is 3.58. The molecule has 0 aliphatic carbocycles. The van der Waals surface area contributed by atoms with Crippen molar-refractivity contribution in [1.29, 1.82) is 0 Å². The molecule has 3 heteroatoms. The van der Waals surface area contributed by atoms with Gasteiger partial charge in [0.1, 0.15) is 0 Å². The maximum atomic E-state index is 5.72. The van der Waals surface area contributed by atoms with Crippen LogP contribution in [0.3, 0.4) is 0 Å². The molecule has 108 valence electrons. The number of nitrogens with two attached hydrogens (primary N) is 1. The average molecular weight is 273 g/mol. The molecular formula is C15H32N2S. The summed E-state index contributed by atoms with van der Waals surface area (Å²) in [4.78, 5) is 3.25. The maximum Gasteiger partial charge on any atom is 0.0743 e. The summed E-state index contributed by atoms with van der Waals surface area (Å²) in [5.41, 5.74) is 5.72. The third kappa shape index (κ3) is 8.87. The van der Waals surface area contributed by atoms with E-state index in [0.29, 0.717) is 11.0 Å². The van der Waals surface area contributed by atoms with Crippen LogP contribution in [0, 0.1) is 11.8 Å². The summed E-state index contributed by atoms with van der Waals surface area (Å²) in [5, 5.41) is 0. The van der Waals surface area contributed by atoms with Gasteiger partial charge in [-0.3, -0.25) is 4.90 Å². The van der Waals surface area contributed by atoms with Gasteiger partial charge in [-0.1, -0.05) is 46.8 Å². The molecule has 0 bridgehead atoms. The summed E-state index contributed by atoms with van der Waals surface area (Å²) < 4.78 is 0. The Bertz CT molecular complexity index is 215. The zero-order valence-electron chi connectivity index (χ0n) is 12.9. The summed E-state index contributed by atoms with van der Waals surface area (Å²) in [5.74, 6) is 1.52. The monoisotopic (exact) mass is 272 g/mol. The second kappa shape index (κ2) is 9.74. The quantitative estimate of drug-likeness (QED) is 0.613. The topological polar surface area (TPSA) is 29.3 Å². The summed E-state index contributed by atoms with van der Waals surface area (Å²) >= 11 is 5.08. The SMILES string of the molecule is CCC(CC(N)=S)N(CCC(C)C)CCC(C)C. The highest BCUT2D eigenvalue weighted by Gasteiger charge is 2.18. The van der Waals surface area contributed by atoms with Crippen LogP contribution in [0.25, 0.3) is 0 Å². The summed E-state index contributed by atoms with van der Waals surface area (Å²) in [6.45, 7) is 13.7. The summed E-state index contributed by atoms with van der Waals surface area (Å²) in [6.07, 6.45) is 4.51. The minimum Gasteiger partial charge on any atom is -0.393 e. The van der Waals surface area contributed by atoms with Crippen molar-refractivity contribution in [2.24, 2.45) is 17.6 Å². The second-order valence-corrected chi connectivity index (χ2v) is 6.66. The van der Waals surface area contributed by atoms with Crippen molar-refractivity contribution in [3.05, 3.63) is 0 Å². The first-order valence-electron chi connectivity index (χ1n) is 7.39. The Balaban J connectivity index is 4.42. The molecule has 0 fully saturated rings. The van der Waals surface area contributed by atoms with E-state index in [2.05, 4.69) is 39.5 Å². The number of rotatable bonds is 10. The lowest BCUT2D eigenvalue weighted by Crippen LogP contribution is -2.39. The molecule has 0 heterocycles. The maximum absolute atomic E-state index is 5.72. The van der Waals surface area contributed by atoms with E-state index >= 15 is 0 Å². The highest BCUT2D eigenvalue weighted by molar-refractivity contribution is 7.80. The van der Waals surface area contributed by atoms with E-state index in [1.807, 2.05) is 0 Å². The Labute approximate surface area is 119 Å². The minimum atomic E-state index is 0.528. The fourth-order valence-electron chi connectivity index (χ4n) is 2.09. The Kier molecular flexibility index (Phi) is 9.66. The molecule has 18 heavy (non-hydrogen) atoms. The first-order valence-corrected chi connectivity index (χ1v) is 7.79. The molecule has 0 radical (unpaired) electrons.